The molecule has 0 radical (unpaired) electrons. The van der Waals surface area contributed by atoms with Crippen LogP contribution < -0.4 is 16.0 Å². The molecule has 25 heavy (non-hydrogen) atoms. The third-order valence-corrected chi connectivity index (χ3v) is 3.13. The van der Waals surface area contributed by atoms with Crippen molar-refractivity contribution in [1.82, 2.24) is 15.2 Å². The van der Waals surface area contributed by atoms with Gasteiger partial charge in [-0.15, -0.1) is 5.10 Å². The predicted octanol–water partition coefficient (Wildman–Crippen LogP) is 3.46. The Morgan fingerprint density at radius 1 is 1.04 bits per heavy atom. The lowest BCUT2D eigenvalue weighted by atomic mass is 10.2. The fraction of sp³-hybridized carbons (Fsp3) is 0.0588. The number of halogens is 1. The molecule has 0 fully saturated rings. The third kappa shape index (κ3) is 4.47. The molecule has 126 valence electrons. The summed E-state index contributed by atoms with van der Waals surface area (Å²) in [5.74, 6) is 0.0200. The Bertz CT molecular complexity index is 902. The molecule has 2 aromatic carbocycles. The molecule has 3 N–H and O–H groups in total. The van der Waals surface area contributed by atoms with Gasteiger partial charge in [-0.3, -0.25) is 4.79 Å². The van der Waals surface area contributed by atoms with E-state index in [4.69, 9.17) is 0 Å². The lowest BCUT2D eigenvalue weighted by Gasteiger charge is -2.09. The van der Waals surface area contributed by atoms with Crippen LogP contribution in [0.2, 0.25) is 0 Å². The highest BCUT2D eigenvalue weighted by Gasteiger charge is 2.06. The Labute approximate surface area is 143 Å². The van der Waals surface area contributed by atoms with E-state index in [0.29, 0.717) is 17.2 Å². The van der Waals surface area contributed by atoms with Crippen molar-refractivity contribution in [3.8, 4) is 0 Å². The van der Waals surface area contributed by atoms with Crippen LogP contribution in [0.5, 0.6) is 0 Å². The van der Waals surface area contributed by atoms with Crippen LogP contribution in [-0.4, -0.2) is 21.1 Å². The number of benzene rings is 2. The van der Waals surface area contributed by atoms with E-state index < -0.39 is 5.82 Å². The maximum atomic E-state index is 13.7. The molecule has 0 aliphatic carbocycles. The number of para-hydroxylation sites is 1. The van der Waals surface area contributed by atoms with Crippen LogP contribution in [0.3, 0.4) is 0 Å². The van der Waals surface area contributed by atoms with Gasteiger partial charge in [-0.2, -0.15) is 10.1 Å². The summed E-state index contributed by atoms with van der Waals surface area (Å²) in [5.41, 5.74) is 1.63. The van der Waals surface area contributed by atoms with Gasteiger partial charge in [-0.1, -0.05) is 18.2 Å². The number of amides is 1. The third-order valence-electron chi connectivity index (χ3n) is 3.13. The Morgan fingerprint density at radius 3 is 2.64 bits per heavy atom. The zero-order chi connectivity index (χ0) is 17.6. The van der Waals surface area contributed by atoms with Crippen molar-refractivity contribution in [3.05, 3.63) is 60.5 Å². The number of hydrogen-bond acceptors (Lipinski definition) is 6. The summed E-state index contributed by atoms with van der Waals surface area (Å²) in [6, 6.07) is 13.4. The molecule has 0 saturated heterocycles. The minimum Gasteiger partial charge on any atom is -0.339 e. The molecule has 3 aromatic rings. The van der Waals surface area contributed by atoms with Gasteiger partial charge >= 0.3 is 0 Å². The summed E-state index contributed by atoms with van der Waals surface area (Å²) in [5, 5.41) is 16.2. The minimum absolute atomic E-state index is 0.155. The number of aromatic nitrogens is 3. The van der Waals surface area contributed by atoms with Crippen molar-refractivity contribution >= 4 is 34.7 Å². The van der Waals surface area contributed by atoms with E-state index in [1.54, 1.807) is 36.4 Å². The van der Waals surface area contributed by atoms with E-state index in [0.717, 1.165) is 0 Å². The predicted molar refractivity (Wildman–Crippen MR) is 93.5 cm³/mol. The first-order chi connectivity index (χ1) is 12.1. The molecule has 0 unspecified atom stereocenters. The van der Waals surface area contributed by atoms with Crippen LogP contribution in [0.25, 0.3) is 0 Å². The first-order valence-corrected chi connectivity index (χ1v) is 7.46. The van der Waals surface area contributed by atoms with Gasteiger partial charge in [-0.05, 0) is 30.3 Å². The lowest BCUT2D eigenvalue weighted by Crippen LogP contribution is -2.06. The number of nitrogens with one attached hydrogen (secondary N) is 3. The van der Waals surface area contributed by atoms with E-state index in [1.165, 1.54) is 19.2 Å². The fourth-order valence-electron chi connectivity index (χ4n) is 2.13. The standard InChI is InChI=1S/C17H15FN6O/c1-11(25)20-12-5-4-6-13(9-12)21-16-10-19-24-17(23-16)22-15-8-3-2-7-14(15)18/h2-10H,1H3,(H,20,25)(H2,21,22,23,24). The maximum Gasteiger partial charge on any atom is 0.249 e. The van der Waals surface area contributed by atoms with Gasteiger partial charge in [0.25, 0.3) is 0 Å². The first kappa shape index (κ1) is 16.3. The SMILES string of the molecule is CC(=O)Nc1cccc(Nc2cnnc(Nc3ccccc3F)n2)c1. The second-order valence-corrected chi connectivity index (χ2v) is 5.16. The summed E-state index contributed by atoms with van der Waals surface area (Å²) in [4.78, 5) is 15.4. The molecule has 8 heteroatoms. The zero-order valence-electron chi connectivity index (χ0n) is 13.3. The summed E-state index contributed by atoms with van der Waals surface area (Å²) >= 11 is 0. The molecule has 1 heterocycles. The summed E-state index contributed by atoms with van der Waals surface area (Å²) in [6.45, 7) is 1.44. The van der Waals surface area contributed by atoms with Crippen LogP contribution in [-0.2, 0) is 4.79 Å². The molecule has 0 aliphatic heterocycles. The molecule has 0 bridgehead atoms. The van der Waals surface area contributed by atoms with Gasteiger partial charge in [0.1, 0.15) is 5.82 Å². The Balaban J connectivity index is 1.76. The Kier molecular flexibility index (Phi) is 4.79. The molecule has 0 atom stereocenters. The topological polar surface area (TPSA) is 91.8 Å². The first-order valence-electron chi connectivity index (χ1n) is 7.46. The highest BCUT2D eigenvalue weighted by Crippen LogP contribution is 2.20. The van der Waals surface area contributed by atoms with Crippen LogP contribution in [0.15, 0.2) is 54.7 Å². The normalized spacial score (nSPS) is 10.2. The van der Waals surface area contributed by atoms with E-state index >= 15 is 0 Å². The number of hydrogen-bond donors (Lipinski definition) is 3. The van der Waals surface area contributed by atoms with Crippen molar-refractivity contribution < 1.29 is 9.18 Å². The number of carbonyl (C=O) groups is 1. The summed E-state index contributed by atoms with van der Waals surface area (Å²) in [7, 11) is 0. The molecule has 0 spiro atoms. The van der Waals surface area contributed by atoms with Crippen molar-refractivity contribution in [3.63, 3.8) is 0 Å². The molecular formula is C17H15FN6O. The summed E-state index contributed by atoms with van der Waals surface area (Å²) in [6.07, 6.45) is 1.44. The summed E-state index contributed by atoms with van der Waals surface area (Å²) < 4.78 is 13.7. The highest BCUT2D eigenvalue weighted by molar-refractivity contribution is 5.89. The molecule has 3 rings (SSSR count). The van der Waals surface area contributed by atoms with Crippen LogP contribution >= 0.6 is 0 Å². The van der Waals surface area contributed by atoms with Crippen LogP contribution in [0.1, 0.15) is 6.92 Å². The van der Waals surface area contributed by atoms with Crippen molar-refractivity contribution in [2.24, 2.45) is 0 Å². The van der Waals surface area contributed by atoms with Gasteiger partial charge < -0.3 is 16.0 Å². The second-order valence-electron chi connectivity index (χ2n) is 5.16. The minimum atomic E-state index is -0.410. The smallest absolute Gasteiger partial charge is 0.249 e. The molecule has 0 aliphatic rings. The fourth-order valence-corrected chi connectivity index (χ4v) is 2.13. The quantitative estimate of drug-likeness (QED) is 0.660. The van der Waals surface area contributed by atoms with Gasteiger partial charge in [0, 0.05) is 18.3 Å². The van der Waals surface area contributed by atoms with Gasteiger partial charge in [0.05, 0.1) is 11.9 Å². The highest BCUT2D eigenvalue weighted by atomic mass is 19.1. The number of carbonyl (C=O) groups excluding carboxylic acids is 1. The van der Waals surface area contributed by atoms with E-state index in [2.05, 4.69) is 31.1 Å². The molecule has 1 amide bonds. The van der Waals surface area contributed by atoms with Crippen molar-refractivity contribution in [1.29, 1.82) is 0 Å². The number of rotatable bonds is 5. The van der Waals surface area contributed by atoms with Gasteiger partial charge in [0.15, 0.2) is 5.82 Å². The average molecular weight is 338 g/mol. The second kappa shape index (κ2) is 7.35. The molecule has 7 nitrogen and oxygen atoms in total. The van der Waals surface area contributed by atoms with Gasteiger partial charge in [-0.25, -0.2) is 4.39 Å². The molecular weight excluding hydrogens is 323 g/mol. The van der Waals surface area contributed by atoms with E-state index in [9.17, 15) is 9.18 Å². The number of anilines is 5. The van der Waals surface area contributed by atoms with Gasteiger partial charge in [0.2, 0.25) is 11.9 Å². The average Bonchev–Trinajstić information content (AvgIpc) is 2.57. The molecule has 0 saturated carbocycles. The zero-order valence-corrected chi connectivity index (χ0v) is 13.3. The Hall–Kier alpha value is -3.55. The largest absolute Gasteiger partial charge is 0.339 e. The van der Waals surface area contributed by atoms with E-state index in [-0.39, 0.29) is 17.5 Å². The van der Waals surface area contributed by atoms with Crippen molar-refractivity contribution in [2.45, 2.75) is 6.92 Å². The lowest BCUT2D eigenvalue weighted by molar-refractivity contribution is -0.114. The van der Waals surface area contributed by atoms with Crippen molar-refractivity contribution in [2.75, 3.05) is 16.0 Å². The monoisotopic (exact) mass is 338 g/mol. The maximum absolute atomic E-state index is 13.7. The van der Waals surface area contributed by atoms with E-state index in [1.807, 2.05) is 6.07 Å². The van der Waals surface area contributed by atoms with Crippen LogP contribution in [0.4, 0.5) is 33.2 Å². The van der Waals surface area contributed by atoms with Crippen LogP contribution in [0, 0.1) is 5.82 Å². The Morgan fingerprint density at radius 2 is 1.84 bits per heavy atom. The molecule has 1 aromatic heterocycles. The number of nitrogens with zero attached hydrogens (tertiary/aromatic N) is 3.